The number of hydrogen-bond acceptors (Lipinski definition) is 6. The standard InChI is InChI=1S/C23H31N5O5/c1-24-7-11-27(12-8-24)18(29)15-26-9-13-28(14-10-26)21(23(32)33)19-16-5-3-4-6-17(16)25(2)20(19)22(30)31/h3-6,21H,7-15H2,1-2H3,(H,30,31)(H,32,33)/t21-/m1/s1. The zero-order valence-electron chi connectivity index (χ0n) is 19.1. The maximum atomic E-state index is 12.7. The van der Waals surface area contributed by atoms with Crippen LogP contribution < -0.4 is 0 Å². The summed E-state index contributed by atoms with van der Waals surface area (Å²) in [7, 11) is 3.70. The Hall–Kier alpha value is -2.95. The van der Waals surface area contributed by atoms with E-state index in [2.05, 4.69) is 9.80 Å². The summed E-state index contributed by atoms with van der Waals surface area (Å²) in [5, 5.41) is 20.6. The van der Waals surface area contributed by atoms with Crippen LogP contribution in [0.15, 0.2) is 24.3 Å². The van der Waals surface area contributed by atoms with Gasteiger partial charge in [0, 0.05) is 75.9 Å². The van der Waals surface area contributed by atoms with Crippen LogP contribution in [0.25, 0.3) is 10.9 Å². The van der Waals surface area contributed by atoms with Crippen LogP contribution in [0.3, 0.4) is 0 Å². The monoisotopic (exact) mass is 457 g/mol. The number of carbonyl (C=O) groups excluding carboxylic acids is 1. The van der Waals surface area contributed by atoms with Gasteiger partial charge in [-0.1, -0.05) is 18.2 Å². The van der Waals surface area contributed by atoms with Crippen LogP contribution in [-0.2, 0) is 16.6 Å². The van der Waals surface area contributed by atoms with Gasteiger partial charge in [0.1, 0.15) is 11.7 Å². The Morgan fingerprint density at radius 1 is 0.909 bits per heavy atom. The highest BCUT2D eigenvalue weighted by Crippen LogP contribution is 2.34. The molecule has 2 aliphatic heterocycles. The van der Waals surface area contributed by atoms with E-state index in [1.54, 1.807) is 29.8 Å². The molecule has 2 aliphatic rings. The van der Waals surface area contributed by atoms with Crippen molar-refractivity contribution >= 4 is 28.7 Å². The number of piperazine rings is 2. The molecule has 0 unspecified atom stereocenters. The van der Waals surface area contributed by atoms with Crippen molar-refractivity contribution in [2.24, 2.45) is 7.05 Å². The van der Waals surface area contributed by atoms with Gasteiger partial charge in [-0.3, -0.25) is 19.4 Å². The highest BCUT2D eigenvalue weighted by atomic mass is 16.4. The molecule has 3 heterocycles. The zero-order valence-corrected chi connectivity index (χ0v) is 19.1. The number of aliphatic carboxylic acids is 1. The number of aromatic nitrogens is 1. The Labute approximate surface area is 192 Å². The molecule has 2 N–H and O–H groups in total. The minimum absolute atomic E-state index is 0.00345. The number of nitrogens with zero attached hydrogens (tertiary/aromatic N) is 5. The molecule has 10 heteroatoms. The number of aryl methyl sites for hydroxylation is 1. The van der Waals surface area contributed by atoms with Crippen LogP contribution in [0.4, 0.5) is 0 Å². The number of amides is 1. The summed E-state index contributed by atoms with van der Waals surface area (Å²) in [6.07, 6.45) is 0. The number of para-hydroxylation sites is 1. The summed E-state index contributed by atoms with van der Waals surface area (Å²) in [6, 6.07) is 6.10. The minimum atomic E-state index is -1.15. The largest absolute Gasteiger partial charge is 0.480 e. The van der Waals surface area contributed by atoms with Crippen LogP contribution in [0, 0.1) is 0 Å². The van der Waals surface area contributed by atoms with Gasteiger partial charge in [-0.15, -0.1) is 0 Å². The van der Waals surface area contributed by atoms with Crippen molar-refractivity contribution in [2.45, 2.75) is 6.04 Å². The molecule has 1 amide bonds. The van der Waals surface area contributed by atoms with Crippen molar-refractivity contribution in [3.05, 3.63) is 35.5 Å². The van der Waals surface area contributed by atoms with E-state index in [0.29, 0.717) is 49.2 Å². The quantitative estimate of drug-likeness (QED) is 0.641. The predicted molar refractivity (Wildman–Crippen MR) is 122 cm³/mol. The third-order valence-corrected chi connectivity index (χ3v) is 6.84. The van der Waals surface area contributed by atoms with Gasteiger partial charge in [-0.05, 0) is 13.1 Å². The number of carboxylic acids is 2. The van der Waals surface area contributed by atoms with Crippen LogP contribution in [0.1, 0.15) is 22.1 Å². The smallest absolute Gasteiger partial charge is 0.352 e. The first kappa shape index (κ1) is 23.2. The molecular formula is C23H31N5O5. The third-order valence-electron chi connectivity index (χ3n) is 6.84. The topological polar surface area (TPSA) is 110 Å². The van der Waals surface area contributed by atoms with Gasteiger partial charge < -0.3 is 24.6 Å². The van der Waals surface area contributed by atoms with Gasteiger partial charge in [-0.25, -0.2) is 4.79 Å². The van der Waals surface area contributed by atoms with E-state index in [-0.39, 0.29) is 11.6 Å². The lowest BCUT2D eigenvalue weighted by molar-refractivity contribution is -0.145. The predicted octanol–water partition coefficient (Wildman–Crippen LogP) is 0.394. The molecule has 2 aromatic rings. The van der Waals surface area contributed by atoms with Gasteiger partial charge >= 0.3 is 11.9 Å². The number of carboxylic acid groups (broad SMARTS) is 2. The molecule has 1 atom stereocenters. The van der Waals surface area contributed by atoms with E-state index in [4.69, 9.17) is 0 Å². The van der Waals surface area contributed by atoms with Crippen molar-refractivity contribution in [1.29, 1.82) is 0 Å². The highest BCUT2D eigenvalue weighted by molar-refractivity contribution is 6.01. The molecule has 178 valence electrons. The van der Waals surface area contributed by atoms with Crippen molar-refractivity contribution in [3.63, 3.8) is 0 Å². The lowest BCUT2D eigenvalue weighted by Gasteiger charge is -2.39. The second kappa shape index (κ2) is 9.50. The fraction of sp³-hybridized carbons (Fsp3) is 0.522. The molecule has 0 bridgehead atoms. The average molecular weight is 458 g/mol. The fourth-order valence-corrected chi connectivity index (χ4v) is 4.95. The molecule has 1 aromatic heterocycles. The molecule has 1 aromatic carbocycles. The maximum absolute atomic E-state index is 12.7. The number of aromatic carboxylic acids is 1. The second-order valence-electron chi connectivity index (χ2n) is 8.88. The van der Waals surface area contributed by atoms with Crippen molar-refractivity contribution < 1.29 is 24.6 Å². The summed E-state index contributed by atoms with van der Waals surface area (Å²) < 4.78 is 1.55. The zero-order chi connectivity index (χ0) is 23.7. The fourth-order valence-electron chi connectivity index (χ4n) is 4.95. The van der Waals surface area contributed by atoms with E-state index >= 15 is 0 Å². The van der Waals surface area contributed by atoms with E-state index in [9.17, 15) is 24.6 Å². The molecule has 10 nitrogen and oxygen atoms in total. The van der Waals surface area contributed by atoms with E-state index in [1.807, 2.05) is 22.9 Å². The molecule has 2 saturated heterocycles. The Morgan fingerprint density at radius 2 is 1.55 bits per heavy atom. The number of hydrogen-bond donors (Lipinski definition) is 2. The Balaban J connectivity index is 1.50. The van der Waals surface area contributed by atoms with Gasteiger partial charge in [0.05, 0.1) is 6.54 Å². The number of likely N-dealkylation sites (N-methyl/N-ethyl adjacent to an activating group) is 1. The average Bonchev–Trinajstić information content (AvgIpc) is 3.08. The summed E-state index contributed by atoms with van der Waals surface area (Å²) >= 11 is 0. The first-order valence-electron chi connectivity index (χ1n) is 11.2. The number of rotatable bonds is 6. The van der Waals surface area contributed by atoms with Crippen LogP contribution in [0.5, 0.6) is 0 Å². The second-order valence-corrected chi connectivity index (χ2v) is 8.88. The molecule has 4 rings (SSSR count). The lowest BCUT2D eigenvalue weighted by atomic mass is 10.00. The first-order valence-corrected chi connectivity index (χ1v) is 11.2. The third kappa shape index (κ3) is 4.59. The molecule has 2 fully saturated rings. The Bertz CT molecular complexity index is 1050. The summed E-state index contributed by atoms with van der Waals surface area (Å²) in [6.45, 7) is 5.51. The van der Waals surface area contributed by atoms with Crippen molar-refractivity contribution in [3.8, 4) is 0 Å². The Kier molecular flexibility index (Phi) is 6.68. The van der Waals surface area contributed by atoms with Crippen LogP contribution in [0.2, 0.25) is 0 Å². The molecule has 0 saturated carbocycles. The minimum Gasteiger partial charge on any atom is -0.480 e. The maximum Gasteiger partial charge on any atom is 0.352 e. The molecule has 0 radical (unpaired) electrons. The number of carbonyl (C=O) groups is 3. The van der Waals surface area contributed by atoms with E-state index in [1.165, 1.54) is 0 Å². The normalized spacial score (nSPS) is 19.6. The van der Waals surface area contributed by atoms with Crippen molar-refractivity contribution in [2.75, 3.05) is 66.0 Å². The van der Waals surface area contributed by atoms with Gasteiger partial charge in [0.2, 0.25) is 5.91 Å². The first-order chi connectivity index (χ1) is 15.8. The highest BCUT2D eigenvalue weighted by Gasteiger charge is 2.37. The van der Waals surface area contributed by atoms with Crippen molar-refractivity contribution in [1.82, 2.24) is 24.2 Å². The van der Waals surface area contributed by atoms with Crippen LogP contribution in [-0.4, -0.2) is 118 Å². The van der Waals surface area contributed by atoms with Gasteiger partial charge in [0.25, 0.3) is 0 Å². The Morgan fingerprint density at radius 3 is 2.15 bits per heavy atom. The van der Waals surface area contributed by atoms with Gasteiger partial charge in [0.15, 0.2) is 0 Å². The molecular weight excluding hydrogens is 426 g/mol. The number of benzene rings is 1. The van der Waals surface area contributed by atoms with E-state index < -0.39 is 18.0 Å². The van der Waals surface area contributed by atoms with E-state index in [0.717, 1.165) is 26.2 Å². The number of fused-ring (bicyclic) bond motifs is 1. The summed E-state index contributed by atoms with van der Waals surface area (Å²) in [5.41, 5.74) is 0.999. The van der Waals surface area contributed by atoms with Gasteiger partial charge in [-0.2, -0.15) is 0 Å². The summed E-state index contributed by atoms with van der Waals surface area (Å²) in [5.74, 6) is -2.12. The molecule has 33 heavy (non-hydrogen) atoms. The molecule has 0 spiro atoms. The van der Waals surface area contributed by atoms with Crippen LogP contribution >= 0.6 is 0 Å². The summed E-state index contributed by atoms with van der Waals surface area (Å²) in [4.78, 5) is 45.1. The SMILES string of the molecule is CN1CCN(C(=O)CN2CCN([C@@H](C(=O)O)c3c(C(=O)O)n(C)c4ccccc34)CC2)CC1. The lowest BCUT2D eigenvalue weighted by Crippen LogP contribution is -2.54. The molecule has 0 aliphatic carbocycles.